The molecule has 34 heavy (non-hydrogen) atoms. The Kier molecular flexibility index (Phi) is 8.72. The molecule has 1 aromatic heterocycles. The van der Waals surface area contributed by atoms with E-state index in [4.69, 9.17) is 4.74 Å². The van der Waals surface area contributed by atoms with Gasteiger partial charge in [0.2, 0.25) is 10.0 Å². The van der Waals surface area contributed by atoms with E-state index in [-0.39, 0.29) is 36.0 Å². The zero-order chi connectivity index (χ0) is 24.9. The topological polar surface area (TPSA) is 83.0 Å². The van der Waals surface area contributed by atoms with Crippen LogP contribution in [0, 0.1) is 23.7 Å². The van der Waals surface area contributed by atoms with Crippen LogP contribution in [0.15, 0.2) is 47.6 Å². The van der Waals surface area contributed by atoms with Crippen molar-refractivity contribution < 1.29 is 18.3 Å². The minimum absolute atomic E-state index is 0.108. The van der Waals surface area contributed by atoms with Gasteiger partial charge in [-0.05, 0) is 49.9 Å². The Bertz CT molecular complexity index is 1130. The van der Waals surface area contributed by atoms with Gasteiger partial charge in [-0.25, -0.2) is 8.42 Å². The van der Waals surface area contributed by atoms with E-state index in [0.717, 1.165) is 12.1 Å². The van der Waals surface area contributed by atoms with Crippen LogP contribution in [0.3, 0.4) is 0 Å². The number of rotatable bonds is 6. The molecule has 0 fully saturated rings. The summed E-state index contributed by atoms with van der Waals surface area (Å²) in [4.78, 5) is 6.34. The van der Waals surface area contributed by atoms with E-state index in [1.54, 1.807) is 37.5 Å². The lowest BCUT2D eigenvalue weighted by Crippen LogP contribution is -2.49. The quantitative estimate of drug-likeness (QED) is 0.634. The Balaban J connectivity index is 1.99. The largest absolute Gasteiger partial charge is 0.487 e. The van der Waals surface area contributed by atoms with Crippen LogP contribution in [0.1, 0.15) is 38.8 Å². The molecule has 1 aliphatic rings. The van der Waals surface area contributed by atoms with Crippen LogP contribution in [-0.4, -0.2) is 66.6 Å². The predicted octanol–water partition coefficient (Wildman–Crippen LogP) is 2.99. The van der Waals surface area contributed by atoms with E-state index in [0.29, 0.717) is 17.9 Å². The lowest BCUT2D eigenvalue weighted by atomic mass is 10.0. The fraction of sp³-hybridized carbons (Fsp3) is 0.500. The van der Waals surface area contributed by atoms with Crippen molar-refractivity contribution in [2.75, 3.05) is 26.7 Å². The molecule has 3 atom stereocenters. The lowest BCUT2D eigenvalue weighted by Gasteiger charge is -2.37. The predicted molar refractivity (Wildman–Crippen MR) is 133 cm³/mol. The molecular formula is C26H35N3O4S. The van der Waals surface area contributed by atoms with Crippen molar-refractivity contribution in [3.8, 4) is 17.6 Å². The van der Waals surface area contributed by atoms with Crippen LogP contribution in [-0.2, 0) is 16.6 Å². The van der Waals surface area contributed by atoms with Gasteiger partial charge in [0.1, 0.15) is 16.7 Å². The first kappa shape index (κ1) is 26.2. The number of fused-ring (bicyclic) bond motifs is 1. The summed E-state index contributed by atoms with van der Waals surface area (Å²) in [6.07, 6.45) is 3.28. The van der Waals surface area contributed by atoms with Crippen LogP contribution in [0.4, 0.5) is 0 Å². The number of sulfonamides is 1. The minimum atomic E-state index is -3.86. The van der Waals surface area contributed by atoms with Gasteiger partial charge in [0.25, 0.3) is 0 Å². The molecule has 1 N–H and O–H groups in total. The molecule has 1 aromatic carbocycles. The second-order valence-electron chi connectivity index (χ2n) is 9.38. The molecule has 7 nitrogen and oxygen atoms in total. The van der Waals surface area contributed by atoms with E-state index in [9.17, 15) is 13.5 Å². The summed E-state index contributed by atoms with van der Waals surface area (Å²) in [5.74, 6) is 6.62. The molecule has 0 amide bonds. The second kappa shape index (κ2) is 11.3. The summed E-state index contributed by atoms with van der Waals surface area (Å²) in [7, 11) is -1.84. The summed E-state index contributed by atoms with van der Waals surface area (Å²) in [6, 6.07) is 8.41. The summed E-state index contributed by atoms with van der Waals surface area (Å²) in [5.41, 5.74) is 1.85. The van der Waals surface area contributed by atoms with Gasteiger partial charge in [-0.1, -0.05) is 32.6 Å². The maximum Gasteiger partial charge on any atom is 0.247 e. The average Bonchev–Trinajstić information content (AvgIpc) is 2.80. The van der Waals surface area contributed by atoms with Crippen molar-refractivity contribution in [3.63, 3.8) is 0 Å². The Labute approximate surface area is 203 Å². The molecule has 0 saturated carbocycles. The Hall–Kier alpha value is -2.44. The first-order chi connectivity index (χ1) is 16.1. The van der Waals surface area contributed by atoms with Crippen LogP contribution >= 0.6 is 0 Å². The standard InChI is InChI=1S/C26H35N3O4S/c1-19(2)6-7-22-8-9-26-24(14-22)33-25(17-28(5)16-23-10-12-27-13-11-23)20(3)15-29(21(4)18-30)34(26,31)32/h8-14,19-21,25,30H,15-18H2,1-5H3/t20-,21+,25-/m1/s1. The van der Waals surface area contributed by atoms with E-state index in [1.807, 2.05) is 40.0 Å². The van der Waals surface area contributed by atoms with Crippen molar-refractivity contribution in [2.24, 2.45) is 11.8 Å². The number of aromatic nitrogens is 1. The third kappa shape index (κ3) is 6.36. The number of aliphatic hydroxyl groups is 1. The first-order valence-electron chi connectivity index (χ1n) is 11.6. The van der Waals surface area contributed by atoms with E-state index in [1.165, 1.54) is 4.31 Å². The monoisotopic (exact) mass is 485 g/mol. The highest BCUT2D eigenvalue weighted by Crippen LogP contribution is 2.34. The van der Waals surface area contributed by atoms with Gasteiger partial charge in [-0.15, -0.1) is 0 Å². The minimum Gasteiger partial charge on any atom is -0.487 e. The number of nitrogens with zero attached hydrogens (tertiary/aromatic N) is 3. The third-order valence-corrected chi connectivity index (χ3v) is 7.89. The van der Waals surface area contributed by atoms with Gasteiger partial charge < -0.3 is 9.84 Å². The number of likely N-dealkylation sites (N-methyl/N-ethyl adjacent to an activating group) is 1. The van der Waals surface area contributed by atoms with E-state index in [2.05, 4.69) is 21.7 Å². The van der Waals surface area contributed by atoms with Gasteiger partial charge in [-0.2, -0.15) is 4.31 Å². The molecule has 8 heteroatoms. The molecule has 2 aromatic rings. The van der Waals surface area contributed by atoms with Crippen LogP contribution < -0.4 is 4.74 Å². The van der Waals surface area contributed by atoms with Crippen molar-refractivity contribution in [1.29, 1.82) is 0 Å². The highest BCUT2D eigenvalue weighted by Gasteiger charge is 2.38. The number of hydrogen-bond acceptors (Lipinski definition) is 6. The summed E-state index contributed by atoms with van der Waals surface area (Å²) in [6.45, 7) is 9.05. The molecule has 0 unspecified atom stereocenters. The Morgan fingerprint density at radius 1 is 1.24 bits per heavy atom. The van der Waals surface area contributed by atoms with Gasteiger partial charge >= 0.3 is 0 Å². The molecule has 3 rings (SSSR count). The summed E-state index contributed by atoms with van der Waals surface area (Å²) < 4.78 is 34.9. The van der Waals surface area contributed by atoms with Crippen LogP contribution in [0.25, 0.3) is 0 Å². The van der Waals surface area contributed by atoms with Crippen molar-refractivity contribution >= 4 is 10.0 Å². The Morgan fingerprint density at radius 2 is 1.94 bits per heavy atom. The molecular weight excluding hydrogens is 450 g/mol. The fourth-order valence-corrected chi connectivity index (χ4v) is 5.75. The maximum absolute atomic E-state index is 13.6. The summed E-state index contributed by atoms with van der Waals surface area (Å²) >= 11 is 0. The highest BCUT2D eigenvalue weighted by molar-refractivity contribution is 7.89. The summed E-state index contributed by atoms with van der Waals surface area (Å²) in [5, 5.41) is 9.79. The zero-order valence-electron chi connectivity index (χ0n) is 20.6. The smallest absolute Gasteiger partial charge is 0.247 e. The van der Waals surface area contributed by atoms with E-state index < -0.39 is 16.1 Å². The van der Waals surface area contributed by atoms with Gasteiger partial charge in [0.15, 0.2) is 0 Å². The molecule has 0 aliphatic carbocycles. The number of ether oxygens (including phenoxy) is 1. The first-order valence-corrected chi connectivity index (χ1v) is 13.1. The number of benzene rings is 1. The maximum atomic E-state index is 13.6. The highest BCUT2D eigenvalue weighted by atomic mass is 32.2. The second-order valence-corrected chi connectivity index (χ2v) is 11.2. The van der Waals surface area contributed by atoms with E-state index >= 15 is 0 Å². The normalized spacial score (nSPS) is 21.1. The van der Waals surface area contributed by atoms with Crippen molar-refractivity contribution in [2.45, 2.75) is 51.3 Å². The SMILES string of the molecule is CC(C)C#Cc1ccc2c(c1)O[C@H](CN(C)Cc1ccncc1)[C@H](C)CN([C@@H](C)CO)S2(=O)=O. The molecule has 2 heterocycles. The molecule has 184 valence electrons. The van der Waals surface area contributed by atoms with Crippen LogP contribution in [0.2, 0.25) is 0 Å². The zero-order valence-corrected chi connectivity index (χ0v) is 21.4. The molecule has 0 saturated heterocycles. The van der Waals surface area contributed by atoms with Crippen LogP contribution in [0.5, 0.6) is 5.75 Å². The molecule has 0 radical (unpaired) electrons. The molecule has 1 aliphatic heterocycles. The molecule has 0 spiro atoms. The van der Waals surface area contributed by atoms with Gasteiger partial charge in [-0.3, -0.25) is 9.88 Å². The number of aliphatic hydroxyl groups excluding tert-OH is 1. The van der Waals surface area contributed by atoms with Crippen molar-refractivity contribution in [1.82, 2.24) is 14.2 Å². The van der Waals surface area contributed by atoms with Crippen molar-refractivity contribution in [3.05, 3.63) is 53.9 Å². The van der Waals surface area contributed by atoms with Gasteiger partial charge in [0, 0.05) is 55.5 Å². The number of pyridine rings is 1. The average molecular weight is 486 g/mol. The Morgan fingerprint density at radius 3 is 2.59 bits per heavy atom. The molecule has 0 bridgehead atoms. The lowest BCUT2D eigenvalue weighted by molar-refractivity contribution is 0.0733. The number of hydrogen-bond donors (Lipinski definition) is 1. The fourth-order valence-electron chi connectivity index (χ4n) is 3.92. The van der Waals surface area contributed by atoms with Gasteiger partial charge in [0.05, 0.1) is 6.61 Å². The third-order valence-electron chi connectivity index (χ3n) is 5.87.